The molecule has 0 bridgehead atoms. The van der Waals surface area contributed by atoms with E-state index in [-0.39, 0.29) is 16.5 Å². The van der Waals surface area contributed by atoms with Crippen molar-refractivity contribution < 1.29 is 14.8 Å². The van der Waals surface area contributed by atoms with Gasteiger partial charge in [-0.25, -0.2) is 9.98 Å². The Balaban J connectivity index is 1.83. The summed E-state index contributed by atoms with van der Waals surface area (Å²) in [7, 11) is 0. The highest BCUT2D eigenvalue weighted by atomic mass is 35.5. The maximum absolute atomic E-state index is 11.2. The highest BCUT2D eigenvalue weighted by molar-refractivity contribution is 6.32. The van der Waals surface area contributed by atoms with E-state index in [0.717, 1.165) is 0 Å². The highest BCUT2D eigenvalue weighted by Crippen LogP contribution is 2.36. The number of ether oxygens (including phenoxy) is 1. The number of aliphatic imine (C=N–C) groups is 1. The topological polar surface area (TPSA) is 102 Å². The van der Waals surface area contributed by atoms with Crippen LogP contribution in [0.2, 0.25) is 5.02 Å². The van der Waals surface area contributed by atoms with Gasteiger partial charge < -0.3 is 9.84 Å². The van der Waals surface area contributed by atoms with E-state index in [1.165, 1.54) is 18.3 Å². The molecule has 0 aliphatic carbocycles. The lowest BCUT2D eigenvalue weighted by Gasteiger charge is -2.07. The minimum absolute atomic E-state index is 0.0351. The van der Waals surface area contributed by atoms with Gasteiger partial charge >= 0.3 is 0 Å². The molecular formula is C22H17ClN4O4. The molecule has 0 saturated carbocycles. The van der Waals surface area contributed by atoms with E-state index in [1.54, 1.807) is 24.3 Å². The number of rotatable bonds is 6. The summed E-state index contributed by atoms with van der Waals surface area (Å²) in [6.07, 6.45) is 3.35. The molecule has 0 spiro atoms. The molecule has 2 aromatic carbocycles. The maximum Gasteiger partial charge on any atom is 0.288 e. The second-order valence-electron chi connectivity index (χ2n) is 6.55. The average Bonchev–Trinajstić information content (AvgIpc) is 3.13. The number of pyridine rings is 1. The lowest BCUT2D eigenvalue weighted by molar-refractivity contribution is -0.384. The smallest absolute Gasteiger partial charge is 0.288 e. The Morgan fingerprint density at radius 3 is 2.87 bits per heavy atom. The van der Waals surface area contributed by atoms with Gasteiger partial charge in [0.05, 0.1) is 11.5 Å². The summed E-state index contributed by atoms with van der Waals surface area (Å²) >= 11 is 5.89. The largest absolute Gasteiger partial charge is 0.504 e. The molecular weight excluding hydrogens is 420 g/mol. The van der Waals surface area contributed by atoms with Crippen molar-refractivity contribution in [2.24, 2.45) is 4.99 Å². The number of hydrogen-bond acceptors (Lipinski definition) is 6. The molecule has 0 unspecified atom stereocenters. The number of nitrogens with zero attached hydrogens (tertiary/aromatic N) is 4. The Bertz CT molecular complexity index is 1320. The van der Waals surface area contributed by atoms with Crippen molar-refractivity contribution in [2.75, 3.05) is 6.61 Å². The van der Waals surface area contributed by atoms with Crippen LogP contribution in [-0.4, -0.2) is 32.2 Å². The van der Waals surface area contributed by atoms with Gasteiger partial charge in [0, 0.05) is 24.0 Å². The number of phenolic OH excluding ortho intramolecular Hbond substituents is 1. The zero-order valence-electron chi connectivity index (χ0n) is 16.4. The first-order valence-electron chi connectivity index (χ1n) is 9.39. The summed E-state index contributed by atoms with van der Waals surface area (Å²) in [6.45, 7) is 2.24. The Morgan fingerprint density at radius 1 is 1.26 bits per heavy atom. The second kappa shape index (κ2) is 8.45. The number of aromatic hydroxyl groups is 1. The van der Waals surface area contributed by atoms with Crippen LogP contribution in [0.15, 0.2) is 65.8 Å². The molecule has 9 heteroatoms. The van der Waals surface area contributed by atoms with Crippen LogP contribution in [0.25, 0.3) is 16.9 Å². The molecule has 0 fully saturated rings. The lowest BCUT2D eigenvalue weighted by atomic mass is 10.1. The van der Waals surface area contributed by atoms with Crippen LogP contribution in [0.5, 0.6) is 11.5 Å². The predicted octanol–water partition coefficient (Wildman–Crippen LogP) is 5.42. The summed E-state index contributed by atoms with van der Waals surface area (Å²) < 4.78 is 7.30. The van der Waals surface area contributed by atoms with Crippen LogP contribution in [0, 0.1) is 10.1 Å². The molecule has 4 rings (SSSR count). The van der Waals surface area contributed by atoms with Gasteiger partial charge in [-0.2, -0.15) is 0 Å². The molecule has 0 aliphatic heterocycles. The van der Waals surface area contributed by atoms with Gasteiger partial charge in [0.1, 0.15) is 16.4 Å². The van der Waals surface area contributed by atoms with Crippen LogP contribution in [0.4, 0.5) is 11.5 Å². The molecule has 2 aromatic heterocycles. The van der Waals surface area contributed by atoms with Gasteiger partial charge in [-0.15, -0.1) is 0 Å². The first-order chi connectivity index (χ1) is 15.0. The number of fused-ring (bicyclic) bond motifs is 1. The fraction of sp³-hybridized carbons (Fsp3) is 0.0909. The minimum atomic E-state index is -0.537. The molecule has 2 heterocycles. The third-order valence-electron chi connectivity index (χ3n) is 4.54. The summed E-state index contributed by atoms with van der Waals surface area (Å²) in [5.74, 6) is 0.912. The number of hydrogen-bond donors (Lipinski definition) is 1. The summed E-state index contributed by atoms with van der Waals surface area (Å²) in [4.78, 5) is 19.9. The van der Waals surface area contributed by atoms with Crippen LogP contribution in [0.1, 0.15) is 12.5 Å². The van der Waals surface area contributed by atoms with Crippen LogP contribution < -0.4 is 4.74 Å². The monoisotopic (exact) mass is 436 g/mol. The van der Waals surface area contributed by atoms with E-state index >= 15 is 0 Å². The molecule has 0 amide bonds. The number of nitro groups is 1. The van der Waals surface area contributed by atoms with Crippen molar-refractivity contribution in [1.29, 1.82) is 0 Å². The number of halogens is 1. The van der Waals surface area contributed by atoms with Crippen molar-refractivity contribution in [2.45, 2.75) is 6.92 Å². The summed E-state index contributed by atoms with van der Waals surface area (Å²) in [5, 5.41) is 21.2. The third-order valence-corrected chi connectivity index (χ3v) is 4.86. The van der Waals surface area contributed by atoms with Crippen molar-refractivity contribution >= 4 is 35.0 Å². The van der Waals surface area contributed by atoms with Crippen LogP contribution in [0.3, 0.4) is 0 Å². The maximum atomic E-state index is 11.2. The Hall–Kier alpha value is -3.91. The molecule has 0 saturated heterocycles. The van der Waals surface area contributed by atoms with Gasteiger partial charge in [-0.3, -0.25) is 14.5 Å². The number of aromatic nitrogens is 2. The van der Waals surface area contributed by atoms with E-state index in [9.17, 15) is 15.2 Å². The minimum Gasteiger partial charge on any atom is -0.504 e. The van der Waals surface area contributed by atoms with E-state index in [2.05, 4.69) is 9.98 Å². The lowest BCUT2D eigenvalue weighted by Crippen LogP contribution is -1.93. The van der Waals surface area contributed by atoms with Gasteiger partial charge in [-0.1, -0.05) is 23.7 Å². The number of phenols is 1. The van der Waals surface area contributed by atoms with E-state index in [0.29, 0.717) is 40.6 Å². The van der Waals surface area contributed by atoms with Crippen molar-refractivity contribution in [3.05, 3.63) is 81.5 Å². The molecule has 4 aromatic rings. The van der Waals surface area contributed by atoms with Crippen molar-refractivity contribution in [3.63, 3.8) is 0 Å². The van der Waals surface area contributed by atoms with Crippen LogP contribution >= 0.6 is 11.6 Å². The SMILES string of the molecule is CCOc1cc(-c2nc3ccccn3c2N=Cc2ccc(Cl)c([N+](=O)[O-])c2)ccc1O. The van der Waals surface area contributed by atoms with Gasteiger partial charge in [0.25, 0.3) is 5.69 Å². The second-order valence-corrected chi connectivity index (χ2v) is 6.96. The van der Waals surface area contributed by atoms with E-state index in [1.807, 2.05) is 35.7 Å². The number of nitro benzene ring substituents is 1. The zero-order chi connectivity index (χ0) is 22.0. The molecule has 0 radical (unpaired) electrons. The Morgan fingerprint density at radius 2 is 2.10 bits per heavy atom. The molecule has 1 N–H and O–H groups in total. The Kier molecular flexibility index (Phi) is 5.55. The molecule has 156 valence electrons. The van der Waals surface area contributed by atoms with Gasteiger partial charge in [-0.05, 0) is 48.9 Å². The summed E-state index contributed by atoms with van der Waals surface area (Å²) in [5.41, 5.74) is 2.29. The van der Waals surface area contributed by atoms with Gasteiger partial charge in [0.2, 0.25) is 0 Å². The fourth-order valence-corrected chi connectivity index (χ4v) is 3.30. The first kappa shape index (κ1) is 20.4. The molecule has 31 heavy (non-hydrogen) atoms. The highest BCUT2D eigenvalue weighted by Gasteiger charge is 2.16. The van der Waals surface area contributed by atoms with Crippen LogP contribution in [-0.2, 0) is 0 Å². The number of benzene rings is 2. The van der Waals surface area contributed by atoms with Gasteiger partial charge in [0.15, 0.2) is 17.3 Å². The van der Waals surface area contributed by atoms with E-state index in [4.69, 9.17) is 16.3 Å². The molecule has 0 aliphatic rings. The average molecular weight is 437 g/mol. The van der Waals surface area contributed by atoms with Crippen molar-refractivity contribution in [1.82, 2.24) is 9.38 Å². The normalized spacial score (nSPS) is 11.3. The first-order valence-corrected chi connectivity index (χ1v) is 9.77. The quantitative estimate of drug-likeness (QED) is 0.247. The third kappa shape index (κ3) is 4.06. The molecule has 8 nitrogen and oxygen atoms in total. The van der Waals surface area contributed by atoms with E-state index < -0.39 is 4.92 Å². The number of imidazole rings is 1. The predicted molar refractivity (Wildman–Crippen MR) is 119 cm³/mol. The summed E-state index contributed by atoms with van der Waals surface area (Å²) in [6, 6.07) is 15.0. The fourth-order valence-electron chi connectivity index (χ4n) is 3.12. The molecule has 0 atom stereocenters. The zero-order valence-corrected chi connectivity index (χ0v) is 17.2. The standard InChI is InChI=1S/C22H17ClN4O4/c1-2-31-19-12-15(7-9-18(19)28)21-22(26-10-4-3-5-20(26)25-21)24-13-14-6-8-16(23)17(11-14)27(29)30/h3-13,28H,2H2,1H3. The van der Waals surface area contributed by atoms with Crippen molar-refractivity contribution in [3.8, 4) is 22.8 Å². The Labute approximate surface area is 182 Å².